The second kappa shape index (κ2) is 8.54. The number of ether oxygens (including phenoxy) is 1. The number of benzene rings is 2. The Morgan fingerprint density at radius 2 is 1.89 bits per heavy atom. The number of aromatic nitrogens is 3. The number of fused-ring (bicyclic) bond motifs is 1. The first-order valence-electron chi connectivity index (χ1n) is 9.74. The fourth-order valence-electron chi connectivity index (χ4n) is 3.87. The maximum Gasteiger partial charge on any atom is 0.147 e. The number of aliphatic hydroxyl groups excluding tert-OH is 1. The first-order valence-corrected chi connectivity index (χ1v) is 9.74. The molecule has 0 bridgehead atoms. The van der Waals surface area contributed by atoms with E-state index in [1.54, 1.807) is 0 Å². The summed E-state index contributed by atoms with van der Waals surface area (Å²) in [5.74, 6) is 2.86. The highest BCUT2D eigenvalue weighted by Gasteiger charge is 2.26. The van der Waals surface area contributed by atoms with Gasteiger partial charge in [0.25, 0.3) is 0 Å². The van der Waals surface area contributed by atoms with Crippen molar-refractivity contribution in [2.75, 3.05) is 19.8 Å². The summed E-state index contributed by atoms with van der Waals surface area (Å²) in [7, 11) is 0. The molecule has 0 saturated heterocycles. The summed E-state index contributed by atoms with van der Waals surface area (Å²) in [6.45, 7) is 5.14. The second-order valence-corrected chi connectivity index (χ2v) is 7.30. The molecular formula is C22H26N4O2. The predicted octanol–water partition coefficient (Wildman–Crippen LogP) is 2.82. The molecule has 1 aliphatic rings. The molecule has 1 N–H and O–H groups in total. The van der Waals surface area contributed by atoms with Crippen molar-refractivity contribution in [1.29, 1.82) is 0 Å². The molecule has 1 aliphatic heterocycles. The number of hydrogen-bond donors (Lipinski definition) is 1. The maximum atomic E-state index is 8.93. The van der Waals surface area contributed by atoms with Crippen molar-refractivity contribution in [3.8, 4) is 5.75 Å². The lowest BCUT2D eigenvalue weighted by Gasteiger charge is -2.32. The van der Waals surface area contributed by atoms with E-state index in [9.17, 15) is 0 Å². The molecule has 0 unspecified atom stereocenters. The van der Waals surface area contributed by atoms with Gasteiger partial charge in [-0.25, -0.2) is 0 Å². The maximum absolute atomic E-state index is 8.93. The standard InChI is InChI=1S/C22H26N4O2/c1-17-14-25(15-19-8-5-9-20(12-19)28-11-10-27)16-22-24-23-21(26(17)22)13-18-6-3-2-4-7-18/h2-9,12,17,27H,10-11,13-16H2,1H3/t17-/m0/s1. The van der Waals surface area contributed by atoms with Crippen LogP contribution in [0.4, 0.5) is 0 Å². The zero-order valence-electron chi connectivity index (χ0n) is 16.2. The molecule has 2 heterocycles. The van der Waals surface area contributed by atoms with E-state index < -0.39 is 0 Å². The van der Waals surface area contributed by atoms with Gasteiger partial charge in [0.05, 0.1) is 13.2 Å². The third kappa shape index (κ3) is 4.24. The van der Waals surface area contributed by atoms with E-state index in [1.807, 2.05) is 24.3 Å². The van der Waals surface area contributed by atoms with Crippen LogP contribution in [-0.2, 0) is 19.5 Å². The summed E-state index contributed by atoms with van der Waals surface area (Å²) in [5, 5.41) is 17.9. The van der Waals surface area contributed by atoms with Crippen LogP contribution in [0.1, 0.15) is 35.7 Å². The van der Waals surface area contributed by atoms with Crippen LogP contribution >= 0.6 is 0 Å². The topological polar surface area (TPSA) is 63.4 Å². The summed E-state index contributed by atoms with van der Waals surface area (Å²) in [6.07, 6.45) is 0.808. The summed E-state index contributed by atoms with van der Waals surface area (Å²) in [6, 6.07) is 18.8. The molecule has 146 valence electrons. The molecule has 3 aromatic rings. The summed E-state index contributed by atoms with van der Waals surface area (Å²) in [5.41, 5.74) is 2.45. The van der Waals surface area contributed by atoms with Crippen LogP contribution in [-0.4, -0.2) is 44.5 Å². The van der Waals surface area contributed by atoms with Crippen molar-refractivity contribution < 1.29 is 9.84 Å². The highest BCUT2D eigenvalue weighted by Crippen LogP contribution is 2.25. The Kier molecular flexibility index (Phi) is 5.69. The first kappa shape index (κ1) is 18.7. The van der Waals surface area contributed by atoms with Crippen molar-refractivity contribution in [1.82, 2.24) is 19.7 Å². The van der Waals surface area contributed by atoms with Crippen LogP contribution < -0.4 is 4.74 Å². The van der Waals surface area contributed by atoms with Crippen LogP contribution in [0.25, 0.3) is 0 Å². The van der Waals surface area contributed by atoms with Gasteiger partial charge in [-0.05, 0) is 30.2 Å². The van der Waals surface area contributed by atoms with E-state index in [0.717, 1.165) is 43.5 Å². The van der Waals surface area contributed by atoms with Gasteiger partial charge >= 0.3 is 0 Å². The zero-order chi connectivity index (χ0) is 19.3. The van der Waals surface area contributed by atoms with Gasteiger partial charge in [0, 0.05) is 25.6 Å². The lowest BCUT2D eigenvalue weighted by Crippen LogP contribution is -2.36. The highest BCUT2D eigenvalue weighted by molar-refractivity contribution is 5.28. The summed E-state index contributed by atoms with van der Waals surface area (Å²) >= 11 is 0. The average molecular weight is 378 g/mol. The van der Waals surface area contributed by atoms with Gasteiger partial charge in [0.2, 0.25) is 0 Å². The van der Waals surface area contributed by atoms with E-state index in [2.05, 4.69) is 56.9 Å². The third-order valence-corrected chi connectivity index (χ3v) is 5.03. The van der Waals surface area contributed by atoms with E-state index >= 15 is 0 Å². The number of rotatable bonds is 7. The van der Waals surface area contributed by atoms with Gasteiger partial charge in [-0.15, -0.1) is 10.2 Å². The van der Waals surface area contributed by atoms with Crippen LogP contribution in [0.5, 0.6) is 5.75 Å². The van der Waals surface area contributed by atoms with Crippen molar-refractivity contribution >= 4 is 0 Å². The zero-order valence-corrected chi connectivity index (χ0v) is 16.2. The lowest BCUT2D eigenvalue weighted by molar-refractivity contribution is 0.178. The first-order chi connectivity index (χ1) is 13.7. The van der Waals surface area contributed by atoms with Crippen molar-refractivity contribution in [3.05, 3.63) is 77.4 Å². The molecule has 6 heteroatoms. The largest absolute Gasteiger partial charge is 0.491 e. The molecular weight excluding hydrogens is 352 g/mol. The normalized spacial score (nSPS) is 16.7. The van der Waals surface area contributed by atoms with Gasteiger partial charge in [0.15, 0.2) is 0 Å². The average Bonchev–Trinajstić information content (AvgIpc) is 3.10. The van der Waals surface area contributed by atoms with Gasteiger partial charge in [-0.1, -0.05) is 42.5 Å². The molecule has 0 aliphatic carbocycles. The molecule has 0 fully saturated rings. The molecule has 0 spiro atoms. The van der Waals surface area contributed by atoms with Crippen LogP contribution in [0.2, 0.25) is 0 Å². The fourth-order valence-corrected chi connectivity index (χ4v) is 3.87. The van der Waals surface area contributed by atoms with Gasteiger partial charge in [-0.2, -0.15) is 0 Å². The predicted molar refractivity (Wildman–Crippen MR) is 107 cm³/mol. The minimum atomic E-state index is 0.0227. The molecule has 0 amide bonds. The Bertz CT molecular complexity index is 910. The Morgan fingerprint density at radius 3 is 2.71 bits per heavy atom. The molecule has 0 saturated carbocycles. The quantitative estimate of drug-likeness (QED) is 0.685. The lowest BCUT2D eigenvalue weighted by atomic mass is 10.1. The summed E-state index contributed by atoms with van der Waals surface area (Å²) < 4.78 is 7.82. The number of aliphatic hydroxyl groups is 1. The SMILES string of the molecule is C[C@H]1CN(Cc2cccc(OCCO)c2)Cc2nnc(Cc3ccccc3)n21. The van der Waals surface area contributed by atoms with Gasteiger partial charge < -0.3 is 14.4 Å². The molecule has 0 radical (unpaired) electrons. The molecule has 1 atom stereocenters. The smallest absolute Gasteiger partial charge is 0.147 e. The third-order valence-electron chi connectivity index (χ3n) is 5.03. The van der Waals surface area contributed by atoms with Crippen LogP contribution in [0.3, 0.4) is 0 Å². The highest BCUT2D eigenvalue weighted by atomic mass is 16.5. The minimum Gasteiger partial charge on any atom is -0.491 e. The second-order valence-electron chi connectivity index (χ2n) is 7.30. The van der Waals surface area contributed by atoms with Crippen molar-refractivity contribution in [2.24, 2.45) is 0 Å². The van der Waals surface area contributed by atoms with E-state index in [-0.39, 0.29) is 6.61 Å². The summed E-state index contributed by atoms with van der Waals surface area (Å²) in [4.78, 5) is 2.39. The Morgan fingerprint density at radius 1 is 1.07 bits per heavy atom. The molecule has 6 nitrogen and oxygen atoms in total. The molecule has 1 aromatic heterocycles. The Hall–Kier alpha value is -2.70. The van der Waals surface area contributed by atoms with E-state index in [0.29, 0.717) is 12.6 Å². The van der Waals surface area contributed by atoms with E-state index in [4.69, 9.17) is 9.84 Å². The monoisotopic (exact) mass is 378 g/mol. The van der Waals surface area contributed by atoms with Crippen LogP contribution in [0, 0.1) is 0 Å². The van der Waals surface area contributed by atoms with E-state index in [1.165, 1.54) is 11.1 Å². The molecule has 4 rings (SSSR count). The van der Waals surface area contributed by atoms with Gasteiger partial charge in [0.1, 0.15) is 24.0 Å². The van der Waals surface area contributed by atoms with Crippen LogP contribution in [0.15, 0.2) is 54.6 Å². The minimum absolute atomic E-state index is 0.0227. The number of nitrogens with zero attached hydrogens (tertiary/aromatic N) is 4. The Balaban J connectivity index is 1.46. The Labute approximate surface area is 165 Å². The molecule has 2 aromatic carbocycles. The van der Waals surface area contributed by atoms with Gasteiger partial charge in [-0.3, -0.25) is 4.90 Å². The fraction of sp³-hybridized carbons (Fsp3) is 0.364. The molecule has 28 heavy (non-hydrogen) atoms. The van der Waals surface area contributed by atoms with Crippen molar-refractivity contribution in [3.63, 3.8) is 0 Å². The number of hydrogen-bond acceptors (Lipinski definition) is 5. The van der Waals surface area contributed by atoms with Crippen molar-refractivity contribution in [2.45, 2.75) is 32.5 Å².